The van der Waals surface area contributed by atoms with Crippen molar-refractivity contribution < 1.29 is 22.1 Å². The fourth-order valence-corrected chi connectivity index (χ4v) is 19.3. The zero-order valence-corrected chi connectivity index (χ0v) is 24.8. The van der Waals surface area contributed by atoms with Crippen molar-refractivity contribution in [1.82, 2.24) is 0 Å². The van der Waals surface area contributed by atoms with Gasteiger partial charge in [-0.25, -0.2) is 0 Å². The van der Waals surface area contributed by atoms with Crippen molar-refractivity contribution in [2.75, 3.05) is 0 Å². The lowest BCUT2D eigenvalue weighted by Gasteiger charge is -2.41. The zero-order chi connectivity index (χ0) is 23.1. The van der Waals surface area contributed by atoms with Crippen LogP contribution in [0.2, 0.25) is 38.3 Å². The zero-order valence-electron chi connectivity index (χ0n) is 21.7. The lowest BCUT2D eigenvalue weighted by Crippen LogP contribution is -2.54. The second-order valence-corrected chi connectivity index (χ2v) is 22.4. The molecule has 4 aliphatic rings. The molecule has 0 N–H and O–H groups in total. The van der Waals surface area contributed by atoms with Crippen LogP contribution in [-0.2, 0) is 22.1 Å². The predicted octanol–water partition coefficient (Wildman–Crippen LogP) is 5.88. The smallest absolute Gasteiger partial charge is 0.326 e. The Bertz CT molecular complexity index is 642. The molecule has 4 rings (SSSR count). The Hall–Kier alpha value is 0.451. The summed E-state index contributed by atoms with van der Waals surface area (Å²) in [5.74, 6) is 1.61. The number of fused-ring (bicyclic) bond motifs is 2. The van der Waals surface area contributed by atoms with Gasteiger partial charge in [0.25, 0.3) is 0 Å². The van der Waals surface area contributed by atoms with Gasteiger partial charge in [-0.15, -0.1) is 0 Å². The molecular weight excluding hydrogens is 453 g/mol. The minimum atomic E-state index is -2.34. The largest absolute Gasteiger partial charge is 0.439 e. The van der Waals surface area contributed by atoms with Gasteiger partial charge in [0.1, 0.15) is 0 Å². The van der Waals surface area contributed by atoms with E-state index in [0.717, 1.165) is 17.9 Å². The van der Waals surface area contributed by atoms with Crippen LogP contribution in [-0.4, -0.2) is 56.2 Å². The molecule has 0 spiro atoms. The van der Waals surface area contributed by atoms with Crippen LogP contribution < -0.4 is 0 Å². The Kier molecular flexibility index (Phi) is 7.85. The van der Waals surface area contributed by atoms with Crippen LogP contribution in [0.25, 0.3) is 0 Å². The molecule has 2 aliphatic heterocycles. The van der Waals surface area contributed by atoms with Crippen LogP contribution >= 0.6 is 0 Å². The van der Waals surface area contributed by atoms with E-state index in [2.05, 4.69) is 47.0 Å². The molecule has 2 aliphatic carbocycles. The van der Waals surface area contributed by atoms with Gasteiger partial charge in [-0.05, 0) is 116 Å². The van der Waals surface area contributed by atoms with E-state index >= 15 is 0 Å². The molecule has 0 amide bonds. The highest BCUT2D eigenvalue weighted by atomic mass is 28.5. The van der Waals surface area contributed by atoms with Crippen LogP contribution in [0.15, 0.2) is 0 Å². The molecule has 0 aromatic heterocycles. The average Bonchev–Trinajstić information content (AvgIpc) is 3.55. The van der Waals surface area contributed by atoms with Crippen LogP contribution in [0.5, 0.6) is 0 Å². The van der Waals surface area contributed by atoms with Crippen LogP contribution in [0.3, 0.4) is 0 Å². The highest BCUT2D eigenvalue weighted by molar-refractivity contribution is 6.82. The molecule has 0 bridgehead atoms. The van der Waals surface area contributed by atoms with Crippen molar-refractivity contribution in [1.29, 1.82) is 0 Å². The third-order valence-corrected chi connectivity index (χ3v) is 18.6. The van der Waals surface area contributed by atoms with Crippen molar-refractivity contribution >= 4 is 26.2 Å². The molecule has 0 aromatic rings. The molecule has 0 aromatic carbocycles. The van der Waals surface area contributed by atoms with Gasteiger partial charge in [0, 0.05) is 0 Å². The maximum Gasteiger partial charge on any atom is 0.326 e. The first kappa shape index (κ1) is 25.5. The molecule has 5 nitrogen and oxygen atoms in total. The summed E-state index contributed by atoms with van der Waals surface area (Å²) in [6.07, 6.45) is 12.5. The number of ether oxygens (including phenoxy) is 2. The van der Waals surface area contributed by atoms with Crippen LogP contribution in [0, 0.1) is 11.8 Å². The summed E-state index contributed by atoms with van der Waals surface area (Å²) in [5, 5.41) is 0. The molecule has 32 heavy (non-hydrogen) atoms. The van der Waals surface area contributed by atoms with E-state index in [1.54, 1.807) is 0 Å². The number of epoxide rings is 2. The number of hydrogen-bond acceptors (Lipinski definition) is 5. The molecular formula is C24H48O5Si3. The minimum Gasteiger partial charge on any atom is -0.439 e. The van der Waals surface area contributed by atoms with E-state index < -0.39 is 26.2 Å². The topological polar surface area (TPSA) is 52.8 Å². The molecule has 8 unspecified atom stereocenters. The Labute approximate surface area is 200 Å². The summed E-state index contributed by atoms with van der Waals surface area (Å²) in [5.41, 5.74) is -0.185. The van der Waals surface area contributed by atoms with E-state index in [-0.39, 0.29) is 5.60 Å². The molecule has 0 radical (unpaired) electrons. The standard InChI is InChI=1S/C24H48O5Si3/c1-24(2,3)27-32(7,15-13-19-9-11-21-23(17-19)26-21)29-31(5,6)28-30(4)14-12-18-8-10-20-22(16-18)25-20/h18-23,30H,8-17H2,1-7H3. The SMILES string of the molecule is C[SiH](CCC1CCC2OC2C1)O[Si](C)(C)O[Si](C)(CCC1CCC2OC2C1)OC(C)(C)C. The van der Waals surface area contributed by atoms with Crippen molar-refractivity contribution in [3.8, 4) is 0 Å². The molecule has 8 atom stereocenters. The van der Waals surface area contributed by atoms with Gasteiger partial charge in [0.2, 0.25) is 0 Å². The lowest BCUT2D eigenvalue weighted by atomic mass is 9.88. The van der Waals surface area contributed by atoms with Gasteiger partial charge in [-0.3, -0.25) is 0 Å². The number of hydrogen-bond donors (Lipinski definition) is 0. The monoisotopic (exact) mass is 500 g/mol. The molecule has 186 valence electrons. The summed E-state index contributed by atoms with van der Waals surface area (Å²) < 4.78 is 31.8. The molecule has 2 saturated carbocycles. The van der Waals surface area contributed by atoms with Gasteiger partial charge in [-0.1, -0.05) is 6.42 Å². The van der Waals surface area contributed by atoms with E-state index in [9.17, 15) is 0 Å². The summed E-state index contributed by atoms with van der Waals surface area (Å²) >= 11 is 0. The lowest BCUT2D eigenvalue weighted by molar-refractivity contribution is 0.0845. The normalized spacial score (nSPS) is 37.2. The minimum absolute atomic E-state index is 0.185. The average molecular weight is 501 g/mol. The van der Waals surface area contributed by atoms with E-state index in [1.807, 2.05) is 0 Å². The van der Waals surface area contributed by atoms with E-state index in [1.165, 1.54) is 57.4 Å². The molecule has 8 heteroatoms. The van der Waals surface area contributed by atoms with Gasteiger partial charge in [0.15, 0.2) is 9.04 Å². The summed E-state index contributed by atoms with van der Waals surface area (Å²) in [6, 6.07) is 2.32. The highest BCUT2D eigenvalue weighted by Gasteiger charge is 2.47. The third-order valence-electron chi connectivity index (χ3n) is 7.68. The van der Waals surface area contributed by atoms with Crippen molar-refractivity contribution in [2.45, 2.75) is 140 Å². The van der Waals surface area contributed by atoms with E-state index in [0.29, 0.717) is 24.4 Å². The van der Waals surface area contributed by atoms with Crippen molar-refractivity contribution in [3.63, 3.8) is 0 Å². The third kappa shape index (κ3) is 7.73. The summed E-state index contributed by atoms with van der Waals surface area (Å²) in [6.45, 7) is 15.6. The Morgan fingerprint density at radius 3 is 1.94 bits per heavy atom. The summed E-state index contributed by atoms with van der Waals surface area (Å²) in [4.78, 5) is 0. The summed E-state index contributed by atoms with van der Waals surface area (Å²) in [7, 11) is -5.83. The maximum atomic E-state index is 6.93. The Morgan fingerprint density at radius 1 is 0.844 bits per heavy atom. The van der Waals surface area contributed by atoms with Crippen molar-refractivity contribution in [2.24, 2.45) is 11.8 Å². The Balaban J connectivity index is 1.26. The van der Waals surface area contributed by atoms with Gasteiger partial charge in [-0.2, -0.15) is 0 Å². The molecule has 2 saturated heterocycles. The molecule has 2 heterocycles. The fourth-order valence-electron chi connectivity index (χ4n) is 6.29. The predicted molar refractivity (Wildman–Crippen MR) is 136 cm³/mol. The first-order valence-corrected chi connectivity index (χ1v) is 21.1. The highest BCUT2D eigenvalue weighted by Crippen LogP contribution is 2.43. The second kappa shape index (κ2) is 9.84. The van der Waals surface area contributed by atoms with Crippen LogP contribution in [0.1, 0.15) is 72.1 Å². The van der Waals surface area contributed by atoms with Crippen molar-refractivity contribution in [3.05, 3.63) is 0 Å². The quantitative estimate of drug-likeness (QED) is 0.262. The van der Waals surface area contributed by atoms with Gasteiger partial charge in [0.05, 0.1) is 30.0 Å². The first-order chi connectivity index (χ1) is 14.9. The number of rotatable bonds is 11. The Morgan fingerprint density at radius 2 is 1.41 bits per heavy atom. The molecule has 4 fully saturated rings. The van der Waals surface area contributed by atoms with E-state index in [4.69, 9.17) is 22.1 Å². The van der Waals surface area contributed by atoms with Gasteiger partial charge >= 0.3 is 17.1 Å². The van der Waals surface area contributed by atoms with Crippen LogP contribution in [0.4, 0.5) is 0 Å². The fraction of sp³-hybridized carbons (Fsp3) is 1.00. The maximum absolute atomic E-state index is 6.93. The van der Waals surface area contributed by atoms with Gasteiger partial charge < -0.3 is 22.1 Å². The second-order valence-electron chi connectivity index (χ2n) is 12.7. The first-order valence-electron chi connectivity index (χ1n) is 13.3.